The van der Waals surface area contributed by atoms with E-state index in [2.05, 4.69) is 28.4 Å². The molecule has 0 aromatic heterocycles. The molecule has 1 aromatic carbocycles. The molecule has 3 aliphatic heterocycles. The molecule has 1 aromatic rings. The molecule has 1 spiro atoms. The summed E-state index contributed by atoms with van der Waals surface area (Å²) in [7, 11) is 1.45. The maximum Gasteiger partial charge on any atom is 0.336 e. The molecule has 1 aliphatic carbocycles. The first-order chi connectivity index (χ1) is 12.2. The van der Waals surface area contributed by atoms with Crippen molar-refractivity contribution >= 4 is 11.7 Å². The number of hydrogen-bond donors (Lipinski definition) is 2. The molecule has 25 heavy (non-hydrogen) atoms. The molecule has 3 atom stereocenters. The highest BCUT2D eigenvalue weighted by molar-refractivity contribution is 5.94. The third kappa shape index (κ3) is 1.77. The van der Waals surface area contributed by atoms with Gasteiger partial charge in [0.1, 0.15) is 0 Å². The van der Waals surface area contributed by atoms with Gasteiger partial charge in [-0.25, -0.2) is 4.79 Å². The Hall–Kier alpha value is -2.11. The Balaban J connectivity index is 1.79. The van der Waals surface area contributed by atoms with Crippen molar-refractivity contribution in [3.63, 3.8) is 0 Å². The van der Waals surface area contributed by atoms with Gasteiger partial charge in [0.05, 0.1) is 24.7 Å². The molecule has 5 heteroatoms. The summed E-state index contributed by atoms with van der Waals surface area (Å²) in [5, 5.41) is 13.0. The van der Waals surface area contributed by atoms with E-state index < -0.39 is 0 Å². The Morgan fingerprint density at radius 1 is 1.48 bits per heavy atom. The minimum absolute atomic E-state index is 0.00687. The predicted molar refractivity (Wildman–Crippen MR) is 94.0 cm³/mol. The van der Waals surface area contributed by atoms with E-state index >= 15 is 0 Å². The van der Waals surface area contributed by atoms with E-state index in [1.165, 1.54) is 12.7 Å². The van der Waals surface area contributed by atoms with Gasteiger partial charge in [0.25, 0.3) is 0 Å². The zero-order chi connectivity index (χ0) is 17.2. The molecule has 2 saturated heterocycles. The summed E-state index contributed by atoms with van der Waals surface area (Å²) >= 11 is 0. The number of aliphatic hydroxyl groups is 1. The van der Waals surface area contributed by atoms with E-state index in [0.717, 1.165) is 48.5 Å². The van der Waals surface area contributed by atoms with Gasteiger partial charge < -0.3 is 15.2 Å². The van der Waals surface area contributed by atoms with E-state index in [1.807, 2.05) is 12.1 Å². The lowest BCUT2D eigenvalue weighted by Gasteiger charge is -2.48. The zero-order valence-corrected chi connectivity index (χ0v) is 14.3. The number of benzene rings is 1. The van der Waals surface area contributed by atoms with E-state index in [-0.39, 0.29) is 23.9 Å². The van der Waals surface area contributed by atoms with Crippen molar-refractivity contribution in [3.05, 3.63) is 52.7 Å². The smallest absolute Gasteiger partial charge is 0.336 e. The second-order valence-corrected chi connectivity index (χ2v) is 7.41. The molecule has 0 unspecified atom stereocenters. The number of piperidine rings is 1. The fourth-order valence-electron chi connectivity index (χ4n) is 5.64. The van der Waals surface area contributed by atoms with Gasteiger partial charge >= 0.3 is 5.97 Å². The van der Waals surface area contributed by atoms with Gasteiger partial charge in [-0.1, -0.05) is 29.8 Å². The number of carbonyl (C=O) groups excluding carboxylic acids is 1. The first-order valence-electron chi connectivity index (χ1n) is 8.94. The van der Waals surface area contributed by atoms with Crippen molar-refractivity contribution in [3.8, 4) is 0 Å². The van der Waals surface area contributed by atoms with Gasteiger partial charge in [0, 0.05) is 36.4 Å². The van der Waals surface area contributed by atoms with E-state index in [1.54, 1.807) is 0 Å². The highest BCUT2D eigenvalue weighted by Crippen LogP contribution is 2.61. The second kappa shape index (κ2) is 5.19. The number of ether oxygens (including phenoxy) is 1. The van der Waals surface area contributed by atoms with E-state index in [9.17, 15) is 9.90 Å². The average Bonchev–Trinajstić information content (AvgIpc) is 3.18. The van der Waals surface area contributed by atoms with Crippen LogP contribution in [0.4, 0.5) is 5.69 Å². The second-order valence-electron chi connectivity index (χ2n) is 7.41. The van der Waals surface area contributed by atoms with Crippen molar-refractivity contribution in [1.29, 1.82) is 0 Å². The number of hydrogen-bond acceptors (Lipinski definition) is 5. The Morgan fingerprint density at radius 3 is 3.12 bits per heavy atom. The summed E-state index contributed by atoms with van der Waals surface area (Å²) in [6.07, 6.45) is 3.80. The van der Waals surface area contributed by atoms with Gasteiger partial charge in [-0.05, 0) is 24.5 Å². The highest BCUT2D eigenvalue weighted by atomic mass is 16.5. The molecule has 0 amide bonds. The molecule has 2 bridgehead atoms. The van der Waals surface area contributed by atoms with Crippen LogP contribution in [0.2, 0.25) is 0 Å². The maximum absolute atomic E-state index is 12.8. The lowest BCUT2D eigenvalue weighted by molar-refractivity contribution is -0.137. The van der Waals surface area contributed by atoms with Crippen LogP contribution in [0.3, 0.4) is 0 Å². The topological polar surface area (TPSA) is 61.8 Å². The van der Waals surface area contributed by atoms with Crippen molar-refractivity contribution in [1.82, 2.24) is 4.90 Å². The molecule has 0 saturated carbocycles. The van der Waals surface area contributed by atoms with Crippen LogP contribution in [0, 0.1) is 5.92 Å². The normalized spacial score (nSPS) is 33.9. The minimum Gasteiger partial charge on any atom is -0.466 e. The summed E-state index contributed by atoms with van der Waals surface area (Å²) in [4.78, 5) is 15.3. The minimum atomic E-state index is -0.248. The van der Waals surface area contributed by atoms with Crippen LogP contribution in [0.5, 0.6) is 0 Å². The Bertz CT molecular complexity index is 828. The average molecular weight is 338 g/mol. The number of aliphatic hydroxyl groups excluding tert-OH is 1. The van der Waals surface area contributed by atoms with Crippen LogP contribution in [-0.4, -0.2) is 48.8 Å². The summed E-state index contributed by atoms with van der Waals surface area (Å²) in [5.74, 6) is -0.216. The molecule has 5 nitrogen and oxygen atoms in total. The standard InChI is InChI=1S/C20H22N2O3/c1-25-19(24)17-13-10-16-20(7-8-22(16)11-12(13)6-9-23)14-4-2-3-5-15(14)21-18(17)20/h2-6,13,16,21,23H,7-11H2,1H3/b12-6-/t13-,16-,20+/m0/s1. The Labute approximate surface area is 147 Å². The number of nitrogens with zero attached hydrogens (tertiary/aromatic N) is 1. The third-order valence-corrected chi connectivity index (χ3v) is 6.59. The van der Waals surface area contributed by atoms with Crippen LogP contribution in [0.1, 0.15) is 18.4 Å². The van der Waals surface area contributed by atoms with Gasteiger partial charge in [-0.15, -0.1) is 0 Å². The van der Waals surface area contributed by atoms with Crippen molar-refractivity contribution < 1.29 is 14.6 Å². The third-order valence-electron chi connectivity index (χ3n) is 6.59. The van der Waals surface area contributed by atoms with Crippen LogP contribution >= 0.6 is 0 Å². The van der Waals surface area contributed by atoms with E-state index in [0.29, 0.717) is 6.04 Å². The van der Waals surface area contributed by atoms with Gasteiger partial charge in [-0.2, -0.15) is 0 Å². The predicted octanol–water partition coefficient (Wildman–Crippen LogP) is 1.80. The Morgan fingerprint density at radius 2 is 2.32 bits per heavy atom. The van der Waals surface area contributed by atoms with Gasteiger partial charge in [0.15, 0.2) is 0 Å². The number of nitrogens with one attached hydrogen (secondary N) is 1. The number of para-hydroxylation sites is 1. The molecule has 0 radical (unpaired) electrons. The first kappa shape index (κ1) is 15.2. The van der Waals surface area contributed by atoms with Crippen LogP contribution in [0.15, 0.2) is 47.2 Å². The van der Waals surface area contributed by atoms with Crippen molar-refractivity contribution in [2.24, 2.45) is 5.92 Å². The molecule has 130 valence electrons. The highest BCUT2D eigenvalue weighted by Gasteiger charge is 2.62. The number of anilines is 1. The van der Waals surface area contributed by atoms with Crippen LogP contribution in [0.25, 0.3) is 0 Å². The molecule has 3 heterocycles. The zero-order valence-electron chi connectivity index (χ0n) is 14.3. The summed E-state index contributed by atoms with van der Waals surface area (Å²) in [6.45, 7) is 1.84. The summed E-state index contributed by atoms with van der Waals surface area (Å²) in [5.41, 5.74) is 5.23. The number of carbonyl (C=O) groups is 1. The molecule has 2 fully saturated rings. The first-order valence-corrected chi connectivity index (χ1v) is 8.94. The van der Waals surface area contributed by atoms with Crippen molar-refractivity contribution in [2.75, 3.05) is 32.1 Å². The molecule has 4 aliphatic rings. The fraction of sp³-hybridized carbons (Fsp3) is 0.450. The molecular weight excluding hydrogens is 316 g/mol. The number of methoxy groups -OCH3 is 1. The molecular formula is C20H22N2O3. The van der Waals surface area contributed by atoms with Crippen LogP contribution in [-0.2, 0) is 14.9 Å². The SMILES string of the molecule is COC(=O)C1=C2Nc3ccccc3[C@@]23CCN2C/C(=C/CO)[C@@H]1C[C@H]23. The molecule has 5 rings (SSSR count). The van der Waals surface area contributed by atoms with Gasteiger partial charge in [0.2, 0.25) is 0 Å². The van der Waals surface area contributed by atoms with Crippen molar-refractivity contribution in [2.45, 2.75) is 24.3 Å². The molecule has 2 N–H and O–H groups in total. The Kier molecular flexibility index (Phi) is 3.15. The van der Waals surface area contributed by atoms with Crippen LogP contribution < -0.4 is 5.32 Å². The fourth-order valence-corrected chi connectivity index (χ4v) is 5.64. The number of rotatable bonds is 2. The van der Waals surface area contributed by atoms with Gasteiger partial charge in [-0.3, -0.25) is 4.90 Å². The summed E-state index contributed by atoms with van der Waals surface area (Å²) < 4.78 is 5.18. The lowest BCUT2D eigenvalue weighted by Crippen LogP contribution is -2.53. The lowest BCUT2D eigenvalue weighted by atomic mass is 9.62. The number of fused-ring (bicyclic) bond motifs is 2. The number of esters is 1. The quantitative estimate of drug-likeness (QED) is 0.636. The largest absolute Gasteiger partial charge is 0.466 e. The monoisotopic (exact) mass is 338 g/mol. The summed E-state index contributed by atoms with van der Waals surface area (Å²) in [6, 6.07) is 8.82. The van der Waals surface area contributed by atoms with E-state index in [4.69, 9.17) is 4.74 Å². The maximum atomic E-state index is 12.8.